The predicted molar refractivity (Wildman–Crippen MR) is 108 cm³/mol. The second-order valence-corrected chi connectivity index (χ2v) is 7.49. The SMILES string of the molecule is CCCc1c(NC(=O)NC2CCC(C(=O)O)CC2)cnn1-c1cccc(C)c1. The molecule has 0 saturated heterocycles. The Morgan fingerprint density at radius 3 is 2.64 bits per heavy atom. The smallest absolute Gasteiger partial charge is 0.319 e. The van der Waals surface area contributed by atoms with Gasteiger partial charge in [-0.2, -0.15) is 5.10 Å². The maximum Gasteiger partial charge on any atom is 0.319 e. The highest BCUT2D eigenvalue weighted by atomic mass is 16.4. The standard InChI is InChI=1S/C21H28N4O3/c1-3-5-19-18(13-22-25(19)17-7-4-6-14(2)12-17)24-21(28)23-16-10-8-15(9-11-16)20(26)27/h4,6-7,12-13,15-16H,3,5,8-11H2,1-2H3,(H,26,27)(H2,23,24,28). The molecule has 3 rings (SSSR count). The van der Waals surface area contributed by atoms with Gasteiger partial charge in [0.1, 0.15) is 0 Å². The van der Waals surface area contributed by atoms with Crippen LogP contribution in [0.15, 0.2) is 30.5 Å². The summed E-state index contributed by atoms with van der Waals surface area (Å²) in [5, 5.41) is 19.5. The van der Waals surface area contributed by atoms with Gasteiger partial charge in [-0.05, 0) is 56.7 Å². The number of hydrogen-bond acceptors (Lipinski definition) is 3. The van der Waals surface area contributed by atoms with Gasteiger partial charge < -0.3 is 15.7 Å². The van der Waals surface area contributed by atoms with Crippen molar-refractivity contribution in [2.75, 3.05) is 5.32 Å². The Bertz CT molecular complexity index is 838. The van der Waals surface area contributed by atoms with E-state index in [1.807, 2.05) is 29.8 Å². The van der Waals surface area contributed by atoms with Crippen LogP contribution in [0.5, 0.6) is 0 Å². The number of nitrogens with zero attached hydrogens (tertiary/aromatic N) is 2. The van der Waals surface area contributed by atoms with Crippen molar-refractivity contribution in [3.8, 4) is 5.69 Å². The zero-order chi connectivity index (χ0) is 20.1. The van der Waals surface area contributed by atoms with Gasteiger partial charge in [-0.3, -0.25) is 4.79 Å². The van der Waals surface area contributed by atoms with E-state index in [9.17, 15) is 9.59 Å². The fourth-order valence-corrected chi connectivity index (χ4v) is 3.77. The maximum absolute atomic E-state index is 12.5. The summed E-state index contributed by atoms with van der Waals surface area (Å²) in [4.78, 5) is 23.5. The number of aromatic nitrogens is 2. The Hall–Kier alpha value is -2.83. The number of nitrogens with one attached hydrogen (secondary N) is 2. The quantitative estimate of drug-likeness (QED) is 0.704. The zero-order valence-corrected chi connectivity index (χ0v) is 16.4. The van der Waals surface area contributed by atoms with Crippen LogP contribution in [0.2, 0.25) is 0 Å². The summed E-state index contributed by atoms with van der Waals surface area (Å²) in [6.45, 7) is 4.14. The highest BCUT2D eigenvalue weighted by Crippen LogP contribution is 2.25. The molecule has 0 unspecified atom stereocenters. The van der Waals surface area contributed by atoms with Crippen LogP contribution < -0.4 is 10.6 Å². The third-order valence-corrected chi connectivity index (χ3v) is 5.26. The van der Waals surface area contributed by atoms with Gasteiger partial charge in [0.05, 0.1) is 29.2 Å². The average molecular weight is 384 g/mol. The fraction of sp³-hybridized carbons (Fsp3) is 0.476. The summed E-state index contributed by atoms with van der Waals surface area (Å²) in [5.74, 6) is -1.03. The molecule has 1 fully saturated rings. The third-order valence-electron chi connectivity index (χ3n) is 5.26. The fourth-order valence-electron chi connectivity index (χ4n) is 3.77. The van der Waals surface area contributed by atoms with E-state index in [-0.39, 0.29) is 18.0 Å². The number of amides is 2. The topological polar surface area (TPSA) is 96.2 Å². The summed E-state index contributed by atoms with van der Waals surface area (Å²) >= 11 is 0. The van der Waals surface area contributed by atoms with E-state index in [0.29, 0.717) is 31.4 Å². The number of rotatable bonds is 6. The van der Waals surface area contributed by atoms with Crippen LogP contribution in [0.25, 0.3) is 5.69 Å². The molecule has 1 aromatic carbocycles. The van der Waals surface area contributed by atoms with E-state index in [2.05, 4.69) is 28.7 Å². The van der Waals surface area contributed by atoms with Crippen LogP contribution >= 0.6 is 0 Å². The minimum absolute atomic E-state index is 0.0112. The lowest BCUT2D eigenvalue weighted by Crippen LogP contribution is -2.41. The number of benzene rings is 1. The predicted octanol–water partition coefficient (Wildman–Crippen LogP) is 3.90. The van der Waals surface area contributed by atoms with Gasteiger partial charge in [-0.25, -0.2) is 9.48 Å². The number of urea groups is 1. The number of hydrogen-bond donors (Lipinski definition) is 3. The maximum atomic E-state index is 12.5. The molecule has 1 saturated carbocycles. The zero-order valence-electron chi connectivity index (χ0n) is 16.4. The van der Waals surface area contributed by atoms with Crippen molar-refractivity contribution in [2.45, 2.75) is 58.4 Å². The van der Waals surface area contributed by atoms with Crippen molar-refractivity contribution in [3.05, 3.63) is 41.7 Å². The van der Waals surface area contributed by atoms with Gasteiger partial charge in [0.25, 0.3) is 0 Å². The minimum atomic E-state index is -0.740. The molecule has 0 bridgehead atoms. The first-order valence-corrected chi connectivity index (χ1v) is 9.92. The first kappa shape index (κ1) is 19.9. The number of carbonyl (C=O) groups excluding carboxylic acids is 1. The molecular weight excluding hydrogens is 356 g/mol. The normalized spacial score (nSPS) is 19.2. The van der Waals surface area contributed by atoms with Gasteiger partial charge in [0, 0.05) is 6.04 Å². The van der Waals surface area contributed by atoms with Crippen LogP contribution in [0.4, 0.5) is 10.5 Å². The second kappa shape index (κ2) is 8.91. The Morgan fingerprint density at radius 2 is 2.00 bits per heavy atom. The lowest BCUT2D eigenvalue weighted by atomic mass is 9.86. The molecule has 7 heteroatoms. The van der Waals surface area contributed by atoms with Gasteiger partial charge in [0.2, 0.25) is 0 Å². The molecule has 28 heavy (non-hydrogen) atoms. The number of carbonyl (C=O) groups is 2. The second-order valence-electron chi connectivity index (χ2n) is 7.49. The van der Waals surface area contributed by atoms with E-state index in [4.69, 9.17) is 5.11 Å². The summed E-state index contributed by atoms with van der Waals surface area (Å²) in [7, 11) is 0. The molecule has 1 aromatic heterocycles. The third kappa shape index (κ3) is 4.71. The summed E-state index contributed by atoms with van der Waals surface area (Å²) < 4.78 is 1.88. The highest BCUT2D eigenvalue weighted by Gasteiger charge is 2.27. The van der Waals surface area contributed by atoms with Gasteiger partial charge in [0.15, 0.2) is 0 Å². The number of aryl methyl sites for hydroxylation is 1. The average Bonchev–Trinajstić information content (AvgIpc) is 3.05. The first-order valence-electron chi connectivity index (χ1n) is 9.92. The summed E-state index contributed by atoms with van der Waals surface area (Å²) in [6.07, 6.45) is 6.01. The minimum Gasteiger partial charge on any atom is -0.481 e. The van der Waals surface area contributed by atoms with E-state index >= 15 is 0 Å². The van der Waals surface area contributed by atoms with Crippen LogP contribution in [0.3, 0.4) is 0 Å². The van der Waals surface area contributed by atoms with Crippen LogP contribution in [0, 0.1) is 12.8 Å². The van der Waals surface area contributed by atoms with Crippen molar-refractivity contribution in [2.24, 2.45) is 5.92 Å². The molecule has 150 valence electrons. The molecular formula is C21H28N4O3. The Labute approximate surface area is 165 Å². The molecule has 1 aliphatic rings. The lowest BCUT2D eigenvalue weighted by molar-refractivity contribution is -0.142. The Balaban J connectivity index is 1.67. The van der Waals surface area contributed by atoms with E-state index in [0.717, 1.165) is 29.8 Å². The highest BCUT2D eigenvalue weighted by molar-refractivity contribution is 5.90. The first-order chi connectivity index (χ1) is 13.5. The van der Waals surface area contributed by atoms with Crippen LogP contribution in [-0.2, 0) is 11.2 Å². The molecule has 2 aromatic rings. The van der Waals surface area contributed by atoms with Crippen LogP contribution in [-0.4, -0.2) is 32.9 Å². The van der Waals surface area contributed by atoms with Gasteiger partial charge in [-0.1, -0.05) is 25.5 Å². The Morgan fingerprint density at radius 1 is 1.25 bits per heavy atom. The molecule has 0 radical (unpaired) electrons. The molecule has 0 atom stereocenters. The van der Waals surface area contributed by atoms with Gasteiger partial charge in [-0.15, -0.1) is 0 Å². The van der Waals surface area contributed by atoms with Gasteiger partial charge >= 0.3 is 12.0 Å². The molecule has 7 nitrogen and oxygen atoms in total. The number of anilines is 1. The molecule has 2 amide bonds. The number of carboxylic acid groups (broad SMARTS) is 1. The van der Waals surface area contributed by atoms with Crippen molar-refractivity contribution in [1.82, 2.24) is 15.1 Å². The van der Waals surface area contributed by atoms with Crippen molar-refractivity contribution < 1.29 is 14.7 Å². The molecule has 1 aliphatic carbocycles. The monoisotopic (exact) mass is 384 g/mol. The van der Waals surface area contributed by atoms with Crippen molar-refractivity contribution in [3.63, 3.8) is 0 Å². The molecule has 0 aliphatic heterocycles. The van der Waals surface area contributed by atoms with Crippen molar-refractivity contribution >= 4 is 17.7 Å². The van der Waals surface area contributed by atoms with E-state index in [1.54, 1.807) is 6.20 Å². The Kier molecular flexibility index (Phi) is 6.34. The molecule has 1 heterocycles. The van der Waals surface area contributed by atoms with Crippen LogP contribution in [0.1, 0.15) is 50.3 Å². The lowest BCUT2D eigenvalue weighted by Gasteiger charge is -2.26. The molecule has 3 N–H and O–H groups in total. The summed E-state index contributed by atoms with van der Waals surface area (Å²) in [5.41, 5.74) is 3.81. The number of carboxylic acids is 1. The summed E-state index contributed by atoms with van der Waals surface area (Å²) in [6, 6.07) is 7.85. The number of aliphatic carboxylic acids is 1. The molecule has 0 spiro atoms. The van der Waals surface area contributed by atoms with Crippen molar-refractivity contribution in [1.29, 1.82) is 0 Å². The van der Waals surface area contributed by atoms with E-state index < -0.39 is 5.97 Å². The largest absolute Gasteiger partial charge is 0.481 e. The van der Waals surface area contributed by atoms with E-state index in [1.165, 1.54) is 0 Å².